The normalized spacial score (nSPS) is 19.1. The van der Waals surface area contributed by atoms with Crippen LogP contribution in [0.25, 0.3) is 0 Å². The van der Waals surface area contributed by atoms with E-state index in [0.29, 0.717) is 13.1 Å². The van der Waals surface area contributed by atoms with Crippen molar-refractivity contribution in [1.82, 2.24) is 4.90 Å². The van der Waals surface area contributed by atoms with Crippen molar-refractivity contribution in [3.63, 3.8) is 0 Å². The molecule has 0 saturated carbocycles. The van der Waals surface area contributed by atoms with Crippen LogP contribution in [0.5, 0.6) is 11.5 Å². The minimum absolute atomic E-state index is 0.210. The van der Waals surface area contributed by atoms with E-state index in [1.165, 1.54) is 11.6 Å². The Morgan fingerprint density at radius 2 is 2.00 bits per heavy atom. The summed E-state index contributed by atoms with van der Waals surface area (Å²) in [5, 5.41) is 2.95. The standard InChI is InChI=1S/C19H19FN2O3S/c20-14-3-1-2-4-15(14)21-19(23)22-8-7-18(26-10-9-22)13-5-6-16-17(11-13)25-12-24-16/h1-6,11,18H,7-10,12H2,(H,21,23)/t18-/m1/s1. The van der Waals surface area contributed by atoms with E-state index in [0.717, 1.165) is 23.7 Å². The van der Waals surface area contributed by atoms with Crippen molar-refractivity contribution in [2.45, 2.75) is 11.7 Å². The Balaban J connectivity index is 1.40. The largest absolute Gasteiger partial charge is 0.454 e. The zero-order chi connectivity index (χ0) is 17.9. The summed E-state index contributed by atoms with van der Waals surface area (Å²) in [5.41, 5.74) is 1.39. The highest BCUT2D eigenvalue weighted by Gasteiger charge is 2.24. The first kappa shape index (κ1) is 17.0. The predicted octanol–water partition coefficient (Wildman–Crippen LogP) is 4.27. The third kappa shape index (κ3) is 3.58. The topological polar surface area (TPSA) is 50.8 Å². The quantitative estimate of drug-likeness (QED) is 0.853. The first-order valence-electron chi connectivity index (χ1n) is 8.52. The maximum atomic E-state index is 13.7. The summed E-state index contributed by atoms with van der Waals surface area (Å²) in [6.07, 6.45) is 0.828. The van der Waals surface area contributed by atoms with Crippen molar-refractivity contribution in [1.29, 1.82) is 0 Å². The number of para-hydroxylation sites is 1. The van der Waals surface area contributed by atoms with Crippen LogP contribution in [0.2, 0.25) is 0 Å². The molecule has 136 valence electrons. The summed E-state index contributed by atoms with van der Waals surface area (Å²) in [4.78, 5) is 14.2. The first-order chi connectivity index (χ1) is 12.7. The molecule has 1 saturated heterocycles. The molecule has 1 N–H and O–H groups in total. The Morgan fingerprint density at radius 3 is 2.88 bits per heavy atom. The number of halogens is 1. The molecule has 0 radical (unpaired) electrons. The number of nitrogens with zero attached hydrogens (tertiary/aromatic N) is 1. The fourth-order valence-electron chi connectivity index (χ4n) is 3.11. The number of rotatable bonds is 2. The lowest BCUT2D eigenvalue weighted by Gasteiger charge is -2.21. The maximum Gasteiger partial charge on any atom is 0.321 e. The van der Waals surface area contributed by atoms with Crippen molar-refractivity contribution in [3.8, 4) is 11.5 Å². The Kier molecular flexibility index (Phi) is 4.88. The third-order valence-electron chi connectivity index (χ3n) is 4.51. The van der Waals surface area contributed by atoms with Gasteiger partial charge in [0, 0.05) is 24.1 Å². The number of hydrogen-bond donors (Lipinski definition) is 1. The number of hydrogen-bond acceptors (Lipinski definition) is 4. The molecule has 4 rings (SSSR count). The molecule has 2 aliphatic rings. The van der Waals surface area contributed by atoms with Crippen molar-refractivity contribution in [3.05, 3.63) is 53.8 Å². The van der Waals surface area contributed by atoms with E-state index in [9.17, 15) is 9.18 Å². The number of urea groups is 1. The van der Waals surface area contributed by atoms with Crippen LogP contribution in [0, 0.1) is 5.82 Å². The summed E-state index contributed by atoms with van der Waals surface area (Å²) < 4.78 is 24.5. The SMILES string of the molecule is O=C(Nc1ccccc1F)N1CCS[C@@H](c2ccc3c(c2)OCO3)CC1. The van der Waals surface area contributed by atoms with Crippen LogP contribution in [-0.2, 0) is 0 Å². The van der Waals surface area contributed by atoms with Crippen LogP contribution in [0.4, 0.5) is 14.9 Å². The molecule has 5 nitrogen and oxygen atoms in total. The molecule has 0 bridgehead atoms. The summed E-state index contributed by atoms with van der Waals surface area (Å²) in [5.74, 6) is 1.95. The van der Waals surface area contributed by atoms with Crippen LogP contribution in [-0.4, -0.2) is 36.6 Å². The minimum Gasteiger partial charge on any atom is -0.454 e. The van der Waals surface area contributed by atoms with Gasteiger partial charge < -0.3 is 19.7 Å². The second kappa shape index (κ2) is 7.45. The maximum absolute atomic E-state index is 13.7. The number of carbonyl (C=O) groups excluding carboxylic acids is 1. The van der Waals surface area contributed by atoms with E-state index >= 15 is 0 Å². The summed E-state index contributed by atoms with van der Waals surface area (Å²) in [7, 11) is 0. The van der Waals surface area contributed by atoms with Gasteiger partial charge in [-0.1, -0.05) is 18.2 Å². The Labute approximate surface area is 155 Å². The van der Waals surface area contributed by atoms with E-state index in [2.05, 4.69) is 11.4 Å². The predicted molar refractivity (Wildman–Crippen MR) is 99.4 cm³/mol. The van der Waals surface area contributed by atoms with Crippen LogP contribution in [0.1, 0.15) is 17.2 Å². The third-order valence-corrected chi connectivity index (χ3v) is 5.84. The minimum atomic E-state index is -0.428. The van der Waals surface area contributed by atoms with Crippen LogP contribution < -0.4 is 14.8 Å². The zero-order valence-corrected chi connectivity index (χ0v) is 14.9. The molecule has 1 fully saturated rings. The molecule has 2 aliphatic heterocycles. The van der Waals surface area contributed by atoms with E-state index in [1.807, 2.05) is 23.9 Å². The van der Waals surface area contributed by atoms with Crippen molar-refractivity contribution in [2.75, 3.05) is 31.0 Å². The Hall–Kier alpha value is -2.41. The number of benzene rings is 2. The fourth-order valence-corrected chi connectivity index (χ4v) is 4.33. The average molecular weight is 374 g/mol. The molecule has 0 aromatic heterocycles. The van der Waals surface area contributed by atoms with Gasteiger partial charge in [0.1, 0.15) is 5.82 Å². The van der Waals surface area contributed by atoms with Gasteiger partial charge >= 0.3 is 6.03 Å². The summed E-state index contributed by atoms with van der Waals surface area (Å²) >= 11 is 1.82. The highest BCUT2D eigenvalue weighted by Crippen LogP contribution is 2.40. The van der Waals surface area contributed by atoms with E-state index in [4.69, 9.17) is 9.47 Å². The lowest BCUT2D eigenvalue weighted by Crippen LogP contribution is -2.36. The van der Waals surface area contributed by atoms with Crippen molar-refractivity contribution in [2.24, 2.45) is 0 Å². The molecule has 2 aromatic carbocycles. The van der Waals surface area contributed by atoms with E-state index < -0.39 is 5.82 Å². The molecule has 26 heavy (non-hydrogen) atoms. The molecule has 2 amide bonds. The van der Waals surface area contributed by atoms with Gasteiger partial charge in [0.2, 0.25) is 6.79 Å². The number of fused-ring (bicyclic) bond motifs is 1. The van der Waals surface area contributed by atoms with Gasteiger partial charge in [-0.15, -0.1) is 0 Å². The van der Waals surface area contributed by atoms with E-state index in [1.54, 1.807) is 23.1 Å². The molecule has 0 spiro atoms. The van der Waals surface area contributed by atoms with Gasteiger partial charge in [0.05, 0.1) is 5.69 Å². The number of anilines is 1. The lowest BCUT2D eigenvalue weighted by atomic mass is 10.1. The lowest BCUT2D eigenvalue weighted by molar-refractivity contribution is 0.174. The molecule has 7 heteroatoms. The smallest absolute Gasteiger partial charge is 0.321 e. The second-order valence-electron chi connectivity index (χ2n) is 6.16. The van der Waals surface area contributed by atoms with Crippen LogP contribution >= 0.6 is 11.8 Å². The fraction of sp³-hybridized carbons (Fsp3) is 0.316. The zero-order valence-electron chi connectivity index (χ0n) is 14.1. The first-order valence-corrected chi connectivity index (χ1v) is 9.57. The Bertz CT molecular complexity index is 817. The summed E-state index contributed by atoms with van der Waals surface area (Å²) in [6, 6.07) is 12.0. The molecule has 0 unspecified atom stereocenters. The van der Waals surface area contributed by atoms with Crippen molar-refractivity contribution >= 4 is 23.5 Å². The number of thioether (sulfide) groups is 1. The van der Waals surface area contributed by atoms with Gasteiger partial charge in [0.15, 0.2) is 11.5 Å². The van der Waals surface area contributed by atoms with Gasteiger partial charge in [-0.05, 0) is 36.2 Å². The van der Waals surface area contributed by atoms with Gasteiger partial charge in [-0.3, -0.25) is 0 Å². The summed E-state index contributed by atoms with van der Waals surface area (Å²) in [6.45, 7) is 1.51. The highest BCUT2D eigenvalue weighted by atomic mass is 32.2. The number of nitrogens with one attached hydrogen (secondary N) is 1. The van der Waals surface area contributed by atoms with Gasteiger partial charge in [-0.2, -0.15) is 11.8 Å². The Morgan fingerprint density at radius 1 is 1.15 bits per heavy atom. The van der Waals surface area contributed by atoms with Gasteiger partial charge in [-0.25, -0.2) is 9.18 Å². The molecular formula is C19H19FN2O3S. The average Bonchev–Trinajstić information content (AvgIpc) is 2.98. The van der Waals surface area contributed by atoms with Crippen molar-refractivity contribution < 1.29 is 18.7 Å². The molecule has 2 aromatic rings. The molecule has 2 heterocycles. The second-order valence-corrected chi connectivity index (χ2v) is 7.47. The van der Waals surface area contributed by atoms with Crippen LogP contribution in [0.3, 0.4) is 0 Å². The number of ether oxygens (including phenoxy) is 2. The van der Waals surface area contributed by atoms with Gasteiger partial charge in [0.25, 0.3) is 0 Å². The number of amides is 2. The van der Waals surface area contributed by atoms with Crippen LogP contribution in [0.15, 0.2) is 42.5 Å². The highest BCUT2D eigenvalue weighted by molar-refractivity contribution is 7.99. The molecule has 0 aliphatic carbocycles. The monoisotopic (exact) mass is 374 g/mol. The molecular weight excluding hydrogens is 355 g/mol. The molecule has 1 atom stereocenters. The van der Waals surface area contributed by atoms with E-state index in [-0.39, 0.29) is 23.8 Å². The number of carbonyl (C=O) groups is 1.